The molecule has 0 fully saturated rings. The van der Waals surface area contributed by atoms with E-state index in [-0.39, 0.29) is 5.69 Å². The van der Waals surface area contributed by atoms with Gasteiger partial charge in [-0.3, -0.25) is 4.98 Å². The molecular weight excluding hydrogens is 352 g/mol. The average molecular weight is 374 g/mol. The Kier molecular flexibility index (Phi) is 4.61. The number of aromatic amines is 1. The zero-order valence-electron chi connectivity index (χ0n) is 16.1. The molecule has 4 aromatic rings. The minimum Gasteiger partial charge on any atom is -0.489 e. The normalized spacial score (nSPS) is 11.0. The molecule has 1 N–H and O–H groups in total. The van der Waals surface area contributed by atoms with Crippen molar-refractivity contribution >= 4 is 0 Å². The summed E-state index contributed by atoms with van der Waals surface area (Å²) in [5.41, 5.74) is 5.80. The molecule has 2 aromatic carbocycles. The number of ether oxygens (including phenoxy) is 1. The summed E-state index contributed by atoms with van der Waals surface area (Å²) in [6, 6.07) is 17.8. The van der Waals surface area contributed by atoms with Crippen LogP contribution >= 0.6 is 0 Å². The first-order valence-electron chi connectivity index (χ1n) is 9.11. The molecule has 2 heterocycles. The van der Waals surface area contributed by atoms with Gasteiger partial charge >= 0.3 is 5.69 Å². The Bertz CT molecular complexity index is 1170. The summed E-state index contributed by atoms with van der Waals surface area (Å²) in [4.78, 5) is 16.5. The van der Waals surface area contributed by atoms with Crippen LogP contribution in [0.25, 0.3) is 16.9 Å². The molecule has 28 heavy (non-hydrogen) atoms. The molecule has 0 aliphatic heterocycles. The van der Waals surface area contributed by atoms with Crippen LogP contribution in [-0.2, 0) is 13.7 Å². The number of nitrogens with one attached hydrogen (secondary N) is 1. The van der Waals surface area contributed by atoms with E-state index >= 15 is 0 Å². The molecule has 0 aliphatic rings. The van der Waals surface area contributed by atoms with Crippen LogP contribution in [0, 0.1) is 13.8 Å². The van der Waals surface area contributed by atoms with Crippen LogP contribution in [-0.4, -0.2) is 19.6 Å². The molecule has 0 saturated heterocycles. The third kappa shape index (κ3) is 3.36. The fraction of sp³-hybridized carbons (Fsp3) is 0.182. The fourth-order valence-electron chi connectivity index (χ4n) is 3.11. The number of rotatable bonds is 5. The molecule has 0 atom stereocenters. The van der Waals surface area contributed by atoms with Gasteiger partial charge in [-0.25, -0.2) is 14.7 Å². The molecule has 0 bridgehead atoms. The predicted octanol–water partition coefficient (Wildman–Crippen LogP) is 3.76. The Labute approximate surface area is 163 Å². The van der Waals surface area contributed by atoms with Crippen molar-refractivity contribution in [3.8, 4) is 22.7 Å². The van der Waals surface area contributed by atoms with E-state index in [2.05, 4.69) is 22.3 Å². The van der Waals surface area contributed by atoms with Gasteiger partial charge in [0.2, 0.25) is 0 Å². The standard InChI is InChI=1S/C22H22N4O2/c1-15-8-10-19(23-13-15)17-9-11-21(16(2)12-17)28-14-18-6-4-5-7-20(18)26-22(27)25(3)24-26/h4-13,24H,14H2,1-3H3. The molecule has 0 saturated carbocycles. The molecule has 0 radical (unpaired) electrons. The van der Waals surface area contributed by atoms with E-state index in [0.29, 0.717) is 6.61 Å². The van der Waals surface area contributed by atoms with E-state index in [1.54, 1.807) is 7.05 Å². The van der Waals surface area contributed by atoms with Crippen molar-refractivity contribution in [2.75, 3.05) is 0 Å². The van der Waals surface area contributed by atoms with Gasteiger partial charge in [0.15, 0.2) is 0 Å². The lowest BCUT2D eigenvalue weighted by molar-refractivity contribution is 0.302. The van der Waals surface area contributed by atoms with E-state index in [4.69, 9.17) is 4.74 Å². The first kappa shape index (κ1) is 17.9. The van der Waals surface area contributed by atoms with Gasteiger partial charge < -0.3 is 4.74 Å². The molecular formula is C22H22N4O2. The quantitative estimate of drug-likeness (QED) is 0.578. The molecule has 0 unspecified atom stereocenters. The van der Waals surface area contributed by atoms with E-state index in [1.807, 2.05) is 62.5 Å². The van der Waals surface area contributed by atoms with E-state index < -0.39 is 0 Å². The van der Waals surface area contributed by atoms with Crippen molar-refractivity contribution in [3.05, 3.63) is 88.0 Å². The molecule has 2 aromatic heterocycles. The van der Waals surface area contributed by atoms with E-state index in [0.717, 1.165) is 39.4 Å². The Balaban J connectivity index is 1.54. The number of aryl methyl sites for hydroxylation is 3. The molecule has 142 valence electrons. The maximum atomic E-state index is 12.0. The van der Waals surface area contributed by atoms with Crippen molar-refractivity contribution in [2.24, 2.45) is 7.05 Å². The number of aromatic nitrogens is 4. The monoisotopic (exact) mass is 374 g/mol. The Morgan fingerprint density at radius 1 is 1.07 bits per heavy atom. The van der Waals surface area contributed by atoms with Crippen LogP contribution < -0.4 is 10.4 Å². The van der Waals surface area contributed by atoms with Gasteiger partial charge in [0.05, 0.1) is 11.4 Å². The number of H-pyrrole nitrogens is 1. The van der Waals surface area contributed by atoms with Gasteiger partial charge in [0.25, 0.3) is 0 Å². The molecule has 0 spiro atoms. The topological polar surface area (TPSA) is 64.8 Å². The molecule has 0 aliphatic carbocycles. The lowest BCUT2D eigenvalue weighted by atomic mass is 10.1. The minimum absolute atomic E-state index is 0.0985. The second-order valence-corrected chi connectivity index (χ2v) is 6.90. The summed E-state index contributed by atoms with van der Waals surface area (Å²) in [7, 11) is 1.69. The summed E-state index contributed by atoms with van der Waals surface area (Å²) in [6.07, 6.45) is 1.87. The zero-order chi connectivity index (χ0) is 19.7. The smallest absolute Gasteiger partial charge is 0.364 e. The SMILES string of the molecule is Cc1ccc(-c2ccc(OCc3ccccc3-n3[nH]n(C)c3=O)c(C)c2)nc1. The number of benzene rings is 2. The van der Waals surface area contributed by atoms with Crippen molar-refractivity contribution < 1.29 is 4.74 Å². The Morgan fingerprint density at radius 3 is 2.57 bits per heavy atom. The lowest BCUT2D eigenvalue weighted by Crippen LogP contribution is -2.40. The first-order valence-corrected chi connectivity index (χ1v) is 9.11. The van der Waals surface area contributed by atoms with Crippen LogP contribution in [0.5, 0.6) is 5.75 Å². The second kappa shape index (κ2) is 7.23. The van der Waals surface area contributed by atoms with Crippen LogP contribution in [0.15, 0.2) is 65.6 Å². The summed E-state index contributed by atoms with van der Waals surface area (Å²) in [5.74, 6) is 0.811. The van der Waals surface area contributed by atoms with Crippen molar-refractivity contribution in [2.45, 2.75) is 20.5 Å². The summed E-state index contributed by atoms with van der Waals surface area (Å²) in [5, 5.41) is 2.94. The highest BCUT2D eigenvalue weighted by atomic mass is 16.5. The number of pyridine rings is 1. The van der Waals surface area contributed by atoms with Crippen molar-refractivity contribution in [1.82, 2.24) is 19.6 Å². The summed E-state index contributed by atoms with van der Waals surface area (Å²) < 4.78 is 9.00. The number of hydrogen-bond acceptors (Lipinski definition) is 3. The van der Waals surface area contributed by atoms with Gasteiger partial charge in [0.1, 0.15) is 12.4 Å². The van der Waals surface area contributed by atoms with Gasteiger partial charge in [-0.1, -0.05) is 24.3 Å². The average Bonchev–Trinajstić information content (AvgIpc) is 2.71. The molecule has 0 amide bonds. The zero-order valence-corrected chi connectivity index (χ0v) is 16.1. The lowest BCUT2D eigenvalue weighted by Gasteiger charge is -2.17. The molecule has 6 heteroatoms. The predicted molar refractivity (Wildman–Crippen MR) is 109 cm³/mol. The highest BCUT2D eigenvalue weighted by Gasteiger charge is 2.12. The van der Waals surface area contributed by atoms with Gasteiger partial charge in [-0.15, -0.1) is 0 Å². The highest BCUT2D eigenvalue weighted by Crippen LogP contribution is 2.26. The maximum absolute atomic E-state index is 12.0. The van der Waals surface area contributed by atoms with Crippen molar-refractivity contribution in [1.29, 1.82) is 0 Å². The highest BCUT2D eigenvalue weighted by molar-refractivity contribution is 5.62. The molecule has 4 rings (SSSR count). The summed E-state index contributed by atoms with van der Waals surface area (Å²) >= 11 is 0. The van der Waals surface area contributed by atoms with E-state index in [9.17, 15) is 4.79 Å². The van der Waals surface area contributed by atoms with Crippen LogP contribution in [0.2, 0.25) is 0 Å². The Morgan fingerprint density at radius 2 is 1.89 bits per heavy atom. The van der Waals surface area contributed by atoms with Crippen LogP contribution in [0.4, 0.5) is 0 Å². The van der Waals surface area contributed by atoms with Gasteiger partial charge in [0, 0.05) is 24.4 Å². The van der Waals surface area contributed by atoms with Gasteiger partial charge in [-0.2, -0.15) is 4.68 Å². The molecule has 6 nitrogen and oxygen atoms in total. The maximum Gasteiger partial charge on any atom is 0.364 e. The number of para-hydroxylation sites is 1. The van der Waals surface area contributed by atoms with Crippen LogP contribution in [0.1, 0.15) is 16.7 Å². The number of hydrogen-bond donors (Lipinski definition) is 1. The Hall–Kier alpha value is -3.54. The van der Waals surface area contributed by atoms with E-state index in [1.165, 1.54) is 9.36 Å². The van der Waals surface area contributed by atoms with Gasteiger partial charge in [-0.05, 0) is 55.3 Å². The third-order valence-corrected chi connectivity index (χ3v) is 4.73. The largest absolute Gasteiger partial charge is 0.489 e. The van der Waals surface area contributed by atoms with Crippen molar-refractivity contribution in [3.63, 3.8) is 0 Å². The second-order valence-electron chi connectivity index (χ2n) is 6.90. The third-order valence-electron chi connectivity index (χ3n) is 4.73. The number of nitrogens with zero attached hydrogens (tertiary/aromatic N) is 3. The minimum atomic E-state index is -0.0985. The van der Waals surface area contributed by atoms with Crippen LogP contribution in [0.3, 0.4) is 0 Å². The first-order chi connectivity index (χ1) is 13.5. The fourth-order valence-corrected chi connectivity index (χ4v) is 3.11. The summed E-state index contributed by atoms with van der Waals surface area (Å²) in [6.45, 7) is 4.42.